The lowest BCUT2D eigenvalue weighted by molar-refractivity contribution is 0.0323. The van der Waals surface area contributed by atoms with Gasteiger partial charge >= 0.3 is 0 Å². The Labute approximate surface area is 73.0 Å². The van der Waals surface area contributed by atoms with E-state index >= 15 is 0 Å². The number of aliphatic hydroxyl groups excluding tert-OH is 2. The van der Waals surface area contributed by atoms with Crippen LogP contribution < -0.4 is 0 Å². The number of hydrogen-bond donors (Lipinski definition) is 2. The van der Waals surface area contributed by atoms with Gasteiger partial charge in [-0.3, -0.25) is 0 Å². The molecule has 0 aliphatic rings. The van der Waals surface area contributed by atoms with Crippen LogP contribution in [0.2, 0.25) is 0 Å². The van der Waals surface area contributed by atoms with Crippen LogP contribution in [0.5, 0.6) is 0 Å². The normalized spacial score (nSPS) is 16.9. The average molecular weight is 178 g/mol. The zero-order valence-electron chi connectivity index (χ0n) is 7.45. The summed E-state index contributed by atoms with van der Waals surface area (Å²) in [6.07, 6.45) is -0.492. The molecule has 0 saturated heterocycles. The van der Waals surface area contributed by atoms with Gasteiger partial charge in [0.2, 0.25) is 0 Å². The Morgan fingerprint density at radius 2 is 1.73 bits per heavy atom. The van der Waals surface area contributed by atoms with E-state index in [2.05, 4.69) is 13.8 Å². The van der Waals surface area contributed by atoms with Crippen LogP contribution in [0.15, 0.2) is 0 Å². The third-order valence-electron chi connectivity index (χ3n) is 1.46. The maximum atomic E-state index is 9.30. The minimum absolute atomic E-state index is 0.522. The molecule has 2 unspecified atom stereocenters. The lowest BCUT2D eigenvalue weighted by Crippen LogP contribution is -2.27. The van der Waals surface area contributed by atoms with Gasteiger partial charge in [0.1, 0.15) is 0 Å². The van der Waals surface area contributed by atoms with Crippen molar-refractivity contribution in [2.75, 3.05) is 5.75 Å². The van der Waals surface area contributed by atoms with Crippen molar-refractivity contribution in [3.8, 4) is 0 Å². The fourth-order valence-corrected chi connectivity index (χ4v) is 1.48. The molecule has 0 rings (SSSR count). The molecule has 0 aromatic heterocycles. The molecule has 0 amide bonds. The monoisotopic (exact) mass is 178 g/mol. The second kappa shape index (κ2) is 5.86. The van der Waals surface area contributed by atoms with Crippen LogP contribution in [0, 0.1) is 0 Å². The number of hydrogen-bond acceptors (Lipinski definition) is 3. The smallest absolute Gasteiger partial charge is 0.0889 e. The molecule has 3 heteroatoms. The van der Waals surface area contributed by atoms with Crippen LogP contribution in [-0.4, -0.2) is 33.4 Å². The van der Waals surface area contributed by atoms with Gasteiger partial charge in [-0.2, -0.15) is 11.8 Å². The lowest BCUT2D eigenvalue weighted by Gasteiger charge is -2.16. The Bertz CT molecular complexity index is 96.1. The number of aliphatic hydroxyl groups is 2. The van der Waals surface area contributed by atoms with E-state index in [4.69, 9.17) is 0 Å². The molecule has 0 fully saturated rings. The van der Waals surface area contributed by atoms with E-state index in [1.54, 1.807) is 11.8 Å². The minimum Gasteiger partial charge on any atom is -0.390 e. The topological polar surface area (TPSA) is 40.5 Å². The predicted molar refractivity (Wildman–Crippen MR) is 49.9 cm³/mol. The van der Waals surface area contributed by atoms with Gasteiger partial charge in [-0.1, -0.05) is 20.8 Å². The standard InChI is InChI=1S/C8H18O2S/c1-4-7(9)8(10)5-11-6(2)3/h6-10H,4-5H2,1-3H3. The fraction of sp³-hybridized carbons (Fsp3) is 1.00. The van der Waals surface area contributed by atoms with E-state index in [-0.39, 0.29) is 0 Å². The largest absolute Gasteiger partial charge is 0.390 e. The van der Waals surface area contributed by atoms with Crippen LogP contribution >= 0.6 is 11.8 Å². The van der Waals surface area contributed by atoms with Crippen molar-refractivity contribution in [1.29, 1.82) is 0 Å². The number of thioether (sulfide) groups is 1. The maximum Gasteiger partial charge on any atom is 0.0889 e. The first-order chi connectivity index (χ1) is 5.07. The first-order valence-corrected chi connectivity index (χ1v) is 5.10. The maximum absolute atomic E-state index is 9.30. The summed E-state index contributed by atoms with van der Waals surface area (Å²) in [7, 11) is 0. The Hall–Kier alpha value is 0.270. The van der Waals surface area contributed by atoms with Crippen molar-refractivity contribution in [2.45, 2.75) is 44.6 Å². The van der Waals surface area contributed by atoms with E-state index in [0.29, 0.717) is 17.4 Å². The molecule has 0 aromatic carbocycles. The van der Waals surface area contributed by atoms with Gasteiger partial charge in [0, 0.05) is 5.75 Å². The third kappa shape index (κ3) is 5.53. The van der Waals surface area contributed by atoms with Gasteiger partial charge in [-0.15, -0.1) is 0 Å². The molecule has 2 nitrogen and oxygen atoms in total. The highest BCUT2D eigenvalue weighted by molar-refractivity contribution is 7.99. The van der Waals surface area contributed by atoms with Crippen LogP contribution in [0.4, 0.5) is 0 Å². The van der Waals surface area contributed by atoms with Gasteiger partial charge in [-0.05, 0) is 11.7 Å². The quantitative estimate of drug-likeness (QED) is 0.666. The molecule has 11 heavy (non-hydrogen) atoms. The Morgan fingerprint density at radius 3 is 2.09 bits per heavy atom. The summed E-state index contributed by atoms with van der Waals surface area (Å²) in [5.74, 6) is 0.632. The van der Waals surface area contributed by atoms with Crippen molar-refractivity contribution < 1.29 is 10.2 Å². The van der Waals surface area contributed by atoms with E-state index in [0.717, 1.165) is 0 Å². The van der Waals surface area contributed by atoms with Gasteiger partial charge in [0.25, 0.3) is 0 Å². The summed E-state index contributed by atoms with van der Waals surface area (Å²) in [6.45, 7) is 6.03. The van der Waals surface area contributed by atoms with E-state index in [1.807, 2.05) is 6.92 Å². The number of rotatable bonds is 5. The summed E-state index contributed by atoms with van der Waals surface area (Å²) < 4.78 is 0. The molecular formula is C8H18O2S. The van der Waals surface area contributed by atoms with Crippen LogP contribution in [0.3, 0.4) is 0 Å². The van der Waals surface area contributed by atoms with Crippen LogP contribution in [-0.2, 0) is 0 Å². The molecule has 0 aliphatic carbocycles. The average Bonchev–Trinajstić information content (AvgIpc) is 1.98. The van der Waals surface area contributed by atoms with Crippen molar-refractivity contribution in [1.82, 2.24) is 0 Å². The molecule has 2 atom stereocenters. The second-order valence-corrected chi connectivity index (χ2v) is 4.53. The molecule has 0 saturated carbocycles. The molecule has 0 bridgehead atoms. The summed E-state index contributed by atoms with van der Waals surface area (Å²) in [5, 5.41) is 19.0. The highest BCUT2D eigenvalue weighted by Crippen LogP contribution is 2.13. The Morgan fingerprint density at radius 1 is 1.18 bits per heavy atom. The summed E-state index contributed by atoms with van der Waals surface area (Å²) in [4.78, 5) is 0. The molecule has 0 heterocycles. The van der Waals surface area contributed by atoms with Crippen molar-refractivity contribution >= 4 is 11.8 Å². The molecular weight excluding hydrogens is 160 g/mol. The van der Waals surface area contributed by atoms with Crippen molar-refractivity contribution in [2.24, 2.45) is 0 Å². The highest BCUT2D eigenvalue weighted by atomic mass is 32.2. The molecule has 68 valence electrons. The summed E-state index contributed by atoms with van der Waals surface area (Å²) >= 11 is 1.67. The summed E-state index contributed by atoms with van der Waals surface area (Å²) in [6, 6.07) is 0. The van der Waals surface area contributed by atoms with Crippen LogP contribution in [0.1, 0.15) is 27.2 Å². The third-order valence-corrected chi connectivity index (χ3v) is 2.66. The molecule has 0 aromatic rings. The first kappa shape index (κ1) is 11.3. The van der Waals surface area contributed by atoms with Gasteiger partial charge in [0.05, 0.1) is 12.2 Å². The molecule has 2 N–H and O–H groups in total. The highest BCUT2D eigenvalue weighted by Gasteiger charge is 2.13. The molecule has 0 spiro atoms. The SMILES string of the molecule is CCC(O)C(O)CSC(C)C. The summed E-state index contributed by atoms with van der Waals surface area (Å²) in [5.41, 5.74) is 0. The first-order valence-electron chi connectivity index (χ1n) is 4.05. The van der Waals surface area contributed by atoms with E-state index in [9.17, 15) is 10.2 Å². The zero-order chi connectivity index (χ0) is 8.85. The zero-order valence-corrected chi connectivity index (χ0v) is 8.27. The van der Waals surface area contributed by atoms with Gasteiger partial charge in [-0.25, -0.2) is 0 Å². The van der Waals surface area contributed by atoms with Gasteiger partial charge < -0.3 is 10.2 Å². The van der Waals surface area contributed by atoms with Gasteiger partial charge in [0.15, 0.2) is 0 Å². The lowest BCUT2D eigenvalue weighted by atomic mass is 10.2. The van der Waals surface area contributed by atoms with E-state index < -0.39 is 12.2 Å². The van der Waals surface area contributed by atoms with Crippen molar-refractivity contribution in [3.05, 3.63) is 0 Å². The Kier molecular flexibility index (Phi) is 6.01. The predicted octanol–water partition coefficient (Wildman–Crippen LogP) is 1.26. The minimum atomic E-state index is -0.563. The van der Waals surface area contributed by atoms with E-state index in [1.165, 1.54) is 0 Å². The van der Waals surface area contributed by atoms with Crippen molar-refractivity contribution in [3.63, 3.8) is 0 Å². The van der Waals surface area contributed by atoms with Crippen LogP contribution in [0.25, 0.3) is 0 Å². The second-order valence-electron chi connectivity index (χ2n) is 2.93. The molecule has 0 aliphatic heterocycles. The molecule has 0 radical (unpaired) electrons. The Balaban J connectivity index is 3.43. The fourth-order valence-electron chi connectivity index (χ4n) is 0.674.